The van der Waals surface area contributed by atoms with Gasteiger partial charge in [0.2, 0.25) is 0 Å². The Labute approximate surface area is 71.7 Å². The van der Waals surface area contributed by atoms with Crippen molar-refractivity contribution in [1.82, 2.24) is 0 Å². The first-order valence-electron chi connectivity index (χ1n) is 3.94. The Hall–Kier alpha value is -1.06. The zero-order chi connectivity index (χ0) is 8.81. The molecule has 3 nitrogen and oxygen atoms in total. The maximum absolute atomic E-state index is 8.55. The van der Waals surface area contributed by atoms with Crippen LogP contribution in [0.3, 0.4) is 0 Å². The van der Waals surface area contributed by atoms with Crippen molar-refractivity contribution >= 4 is 5.69 Å². The van der Waals surface area contributed by atoms with Crippen LogP contribution in [0.1, 0.15) is 6.42 Å². The fourth-order valence-corrected chi connectivity index (χ4v) is 0.902. The lowest BCUT2D eigenvalue weighted by Crippen LogP contribution is -2.11. The van der Waals surface area contributed by atoms with Crippen LogP contribution in [0.15, 0.2) is 30.3 Å². The number of rotatable bonds is 4. The van der Waals surface area contributed by atoms with Crippen molar-refractivity contribution in [2.75, 3.05) is 11.9 Å². The number of aliphatic hydroxyl groups is 2. The Kier molecular flexibility index (Phi) is 3.57. The fourth-order valence-electron chi connectivity index (χ4n) is 0.902. The molecule has 0 saturated heterocycles. The van der Waals surface area contributed by atoms with Crippen molar-refractivity contribution < 1.29 is 10.2 Å². The van der Waals surface area contributed by atoms with Crippen LogP contribution >= 0.6 is 0 Å². The van der Waals surface area contributed by atoms with Crippen LogP contribution < -0.4 is 5.32 Å². The lowest BCUT2D eigenvalue weighted by molar-refractivity contribution is -0.0423. The average Bonchev–Trinajstić information content (AvgIpc) is 2.05. The molecule has 0 unspecified atom stereocenters. The maximum Gasteiger partial charge on any atom is 0.153 e. The van der Waals surface area contributed by atoms with E-state index in [-0.39, 0.29) is 0 Å². The van der Waals surface area contributed by atoms with E-state index in [4.69, 9.17) is 10.2 Å². The molecule has 0 aliphatic rings. The standard InChI is InChI=1S/C9H13NO2/c11-9(12)6-7-10-8-4-2-1-3-5-8/h1-5,9-12H,6-7H2. The Morgan fingerprint density at radius 3 is 2.42 bits per heavy atom. The zero-order valence-electron chi connectivity index (χ0n) is 6.77. The minimum atomic E-state index is -1.22. The third-order valence-corrected chi connectivity index (χ3v) is 1.51. The van der Waals surface area contributed by atoms with Gasteiger partial charge in [0.05, 0.1) is 0 Å². The second kappa shape index (κ2) is 4.74. The SMILES string of the molecule is OC(O)CCNc1ccccc1. The van der Waals surface area contributed by atoms with Crippen molar-refractivity contribution in [2.45, 2.75) is 12.7 Å². The average molecular weight is 167 g/mol. The van der Waals surface area contributed by atoms with Crippen LogP contribution in [0.2, 0.25) is 0 Å². The third kappa shape index (κ3) is 3.37. The summed E-state index contributed by atoms with van der Waals surface area (Å²) in [5.74, 6) is 0. The smallest absolute Gasteiger partial charge is 0.153 e. The molecule has 12 heavy (non-hydrogen) atoms. The first-order valence-corrected chi connectivity index (χ1v) is 3.94. The Morgan fingerprint density at radius 1 is 1.17 bits per heavy atom. The van der Waals surface area contributed by atoms with Gasteiger partial charge in [0, 0.05) is 18.7 Å². The second-order valence-corrected chi connectivity index (χ2v) is 2.56. The summed E-state index contributed by atoms with van der Waals surface area (Å²) in [5.41, 5.74) is 0.998. The van der Waals surface area contributed by atoms with E-state index in [0.717, 1.165) is 5.69 Å². The molecule has 1 rings (SSSR count). The number of para-hydroxylation sites is 1. The van der Waals surface area contributed by atoms with E-state index in [2.05, 4.69) is 5.32 Å². The maximum atomic E-state index is 8.55. The van der Waals surface area contributed by atoms with E-state index >= 15 is 0 Å². The predicted molar refractivity (Wildman–Crippen MR) is 47.8 cm³/mol. The zero-order valence-corrected chi connectivity index (χ0v) is 6.77. The summed E-state index contributed by atoms with van der Waals surface area (Å²) in [4.78, 5) is 0. The molecule has 1 aromatic rings. The lowest BCUT2D eigenvalue weighted by atomic mass is 10.3. The van der Waals surface area contributed by atoms with Gasteiger partial charge >= 0.3 is 0 Å². The number of benzene rings is 1. The first kappa shape index (κ1) is 9.03. The van der Waals surface area contributed by atoms with Crippen LogP contribution in [0, 0.1) is 0 Å². The molecule has 0 heterocycles. The highest BCUT2D eigenvalue weighted by atomic mass is 16.5. The van der Waals surface area contributed by atoms with Gasteiger partial charge in [-0.05, 0) is 12.1 Å². The molecule has 66 valence electrons. The Balaban J connectivity index is 2.25. The molecule has 3 heteroatoms. The number of nitrogens with one attached hydrogen (secondary N) is 1. The molecule has 0 radical (unpaired) electrons. The van der Waals surface area contributed by atoms with Crippen LogP contribution in [0.25, 0.3) is 0 Å². The van der Waals surface area contributed by atoms with Gasteiger partial charge in [-0.15, -0.1) is 0 Å². The number of hydrogen-bond donors (Lipinski definition) is 3. The molecular formula is C9H13NO2. The second-order valence-electron chi connectivity index (χ2n) is 2.56. The highest BCUT2D eigenvalue weighted by Gasteiger charge is 1.95. The molecule has 0 bridgehead atoms. The van der Waals surface area contributed by atoms with Crippen LogP contribution in [-0.2, 0) is 0 Å². The molecule has 3 N–H and O–H groups in total. The van der Waals surface area contributed by atoms with Crippen molar-refractivity contribution in [2.24, 2.45) is 0 Å². The largest absolute Gasteiger partial charge is 0.385 e. The van der Waals surface area contributed by atoms with Gasteiger partial charge < -0.3 is 15.5 Å². The summed E-state index contributed by atoms with van der Waals surface area (Å²) in [7, 11) is 0. The Morgan fingerprint density at radius 2 is 1.83 bits per heavy atom. The number of hydrogen-bond acceptors (Lipinski definition) is 3. The molecule has 0 atom stereocenters. The molecule has 0 spiro atoms. The minimum absolute atomic E-state index is 0.342. The van der Waals surface area contributed by atoms with Crippen LogP contribution in [0.5, 0.6) is 0 Å². The van der Waals surface area contributed by atoms with E-state index in [1.54, 1.807) is 0 Å². The Bertz CT molecular complexity index is 211. The van der Waals surface area contributed by atoms with Gasteiger partial charge in [0.25, 0.3) is 0 Å². The highest BCUT2D eigenvalue weighted by Crippen LogP contribution is 2.04. The van der Waals surface area contributed by atoms with Crippen molar-refractivity contribution in [3.63, 3.8) is 0 Å². The molecular weight excluding hydrogens is 154 g/mol. The van der Waals surface area contributed by atoms with Gasteiger partial charge in [-0.1, -0.05) is 18.2 Å². The molecule has 0 saturated carbocycles. The summed E-state index contributed by atoms with van der Waals surface area (Å²) in [5, 5.41) is 20.1. The third-order valence-electron chi connectivity index (χ3n) is 1.51. The highest BCUT2D eigenvalue weighted by molar-refractivity contribution is 5.42. The van der Waals surface area contributed by atoms with Gasteiger partial charge in [-0.25, -0.2) is 0 Å². The van der Waals surface area contributed by atoms with E-state index in [1.165, 1.54) is 0 Å². The predicted octanol–water partition coefficient (Wildman–Crippen LogP) is 0.799. The van der Waals surface area contributed by atoms with Gasteiger partial charge in [0.1, 0.15) is 0 Å². The number of anilines is 1. The number of aliphatic hydroxyl groups excluding tert-OH is 1. The molecule has 0 aromatic heterocycles. The van der Waals surface area contributed by atoms with Crippen molar-refractivity contribution in [3.05, 3.63) is 30.3 Å². The summed E-state index contributed by atoms with van der Waals surface area (Å²) in [6, 6.07) is 9.66. The van der Waals surface area contributed by atoms with Crippen molar-refractivity contribution in [1.29, 1.82) is 0 Å². The van der Waals surface area contributed by atoms with E-state index in [1.807, 2.05) is 30.3 Å². The molecule has 0 aliphatic carbocycles. The van der Waals surface area contributed by atoms with E-state index < -0.39 is 6.29 Å². The first-order chi connectivity index (χ1) is 5.79. The fraction of sp³-hybridized carbons (Fsp3) is 0.333. The molecule has 1 aromatic carbocycles. The summed E-state index contributed by atoms with van der Waals surface area (Å²) in [6.07, 6.45) is -0.879. The van der Waals surface area contributed by atoms with E-state index in [0.29, 0.717) is 13.0 Å². The van der Waals surface area contributed by atoms with Crippen LogP contribution in [-0.4, -0.2) is 23.0 Å². The molecule has 0 fully saturated rings. The van der Waals surface area contributed by atoms with Gasteiger partial charge in [-0.3, -0.25) is 0 Å². The van der Waals surface area contributed by atoms with Gasteiger partial charge in [-0.2, -0.15) is 0 Å². The lowest BCUT2D eigenvalue weighted by Gasteiger charge is -2.06. The quantitative estimate of drug-likeness (QED) is 0.581. The molecule has 0 aliphatic heterocycles. The van der Waals surface area contributed by atoms with Crippen molar-refractivity contribution in [3.8, 4) is 0 Å². The van der Waals surface area contributed by atoms with E-state index in [9.17, 15) is 0 Å². The molecule has 0 amide bonds. The van der Waals surface area contributed by atoms with Gasteiger partial charge in [0.15, 0.2) is 6.29 Å². The minimum Gasteiger partial charge on any atom is -0.385 e. The summed E-state index contributed by atoms with van der Waals surface area (Å²) >= 11 is 0. The normalized spacial score (nSPS) is 10.2. The monoisotopic (exact) mass is 167 g/mol. The summed E-state index contributed by atoms with van der Waals surface area (Å²) < 4.78 is 0. The topological polar surface area (TPSA) is 52.5 Å². The van der Waals surface area contributed by atoms with Crippen LogP contribution in [0.4, 0.5) is 5.69 Å². The summed E-state index contributed by atoms with van der Waals surface area (Å²) in [6.45, 7) is 0.571.